The molecule has 162 valence electrons. The molecule has 1 heterocycles. The number of carbonyl (C=O) groups is 3. The topological polar surface area (TPSA) is 159 Å². The number of alkyl halides is 3. The molecule has 1 aromatic rings. The Hall–Kier alpha value is -3.68. The molecule has 0 fully saturated rings. The second kappa shape index (κ2) is 8.36. The number of hydrogen-bond acceptors (Lipinski definition) is 8. The molecule has 0 saturated carbocycles. The van der Waals surface area contributed by atoms with Crippen LogP contribution in [0.4, 0.5) is 24.5 Å². The van der Waals surface area contributed by atoms with Crippen LogP contribution in [-0.4, -0.2) is 64.7 Å². The van der Waals surface area contributed by atoms with Crippen molar-refractivity contribution in [1.82, 2.24) is 4.90 Å². The first-order valence-corrected chi connectivity index (χ1v) is 8.03. The van der Waals surface area contributed by atoms with Crippen LogP contribution >= 0.6 is 0 Å². The molecule has 11 nitrogen and oxygen atoms in total. The molecule has 0 bridgehead atoms. The zero-order chi connectivity index (χ0) is 22.8. The van der Waals surface area contributed by atoms with Gasteiger partial charge in [0.2, 0.25) is 0 Å². The predicted octanol–water partition coefficient (Wildman–Crippen LogP) is 0.985. The lowest BCUT2D eigenvalue weighted by Gasteiger charge is -2.16. The summed E-state index contributed by atoms with van der Waals surface area (Å²) < 4.78 is 43.6. The maximum absolute atomic E-state index is 13.0. The molecular formula is C16H14F3N3O8. The highest BCUT2D eigenvalue weighted by molar-refractivity contribution is 6.10. The largest absolute Gasteiger partial charge is 0.478 e. The smallest absolute Gasteiger partial charge is 0.416 e. The predicted molar refractivity (Wildman–Crippen MR) is 91.4 cm³/mol. The number of nitro benzene ring substituents is 1. The van der Waals surface area contributed by atoms with E-state index in [0.29, 0.717) is 0 Å². The van der Waals surface area contributed by atoms with E-state index in [0.717, 1.165) is 12.0 Å². The average Bonchev–Trinajstić information content (AvgIpc) is 2.96. The van der Waals surface area contributed by atoms with Gasteiger partial charge in [-0.25, -0.2) is 9.59 Å². The Kier molecular flexibility index (Phi) is 6.30. The summed E-state index contributed by atoms with van der Waals surface area (Å²) in [7, 11) is 0.982. The van der Waals surface area contributed by atoms with Gasteiger partial charge in [-0.2, -0.15) is 13.2 Å². The van der Waals surface area contributed by atoms with Crippen molar-refractivity contribution in [3.05, 3.63) is 44.6 Å². The van der Waals surface area contributed by atoms with E-state index in [2.05, 4.69) is 10.1 Å². The number of aromatic carboxylic acids is 1. The monoisotopic (exact) mass is 433 g/mol. The van der Waals surface area contributed by atoms with Crippen LogP contribution in [0.1, 0.15) is 15.9 Å². The minimum Gasteiger partial charge on any atom is -0.478 e. The average molecular weight is 433 g/mol. The molecule has 1 aliphatic rings. The number of nitro groups is 1. The van der Waals surface area contributed by atoms with Gasteiger partial charge in [-0.15, -0.1) is 0 Å². The third-order valence-electron chi connectivity index (χ3n) is 4.08. The zero-order valence-electron chi connectivity index (χ0n) is 15.1. The van der Waals surface area contributed by atoms with Crippen LogP contribution in [0.2, 0.25) is 0 Å². The van der Waals surface area contributed by atoms with Gasteiger partial charge in [0.15, 0.2) is 0 Å². The number of aliphatic hydroxyl groups excluding tert-OH is 1. The second-order valence-corrected chi connectivity index (χ2v) is 5.90. The molecule has 0 aliphatic carbocycles. The number of halogens is 3. The molecule has 3 N–H and O–H groups in total. The number of β-amino-alcohol motifs (C(OH)–C–C–N with tert-alkyl or cyclic N) is 1. The molecule has 1 aliphatic heterocycles. The summed E-state index contributed by atoms with van der Waals surface area (Å²) in [5.41, 5.74) is -5.87. The fourth-order valence-electron chi connectivity index (χ4n) is 2.71. The van der Waals surface area contributed by atoms with Gasteiger partial charge in [0.25, 0.3) is 11.6 Å². The molecular weight excluding hydrogens is 419 g/mol. The summed E-state index contributed by atoms with van der Waals surface area (Å²) in [6.07, 6.45) is -5.08. The van der Waals surface area contributed by atoms with E-state index in [1.807, 2.05) is 0 Å². The molecule has 1 amide bonds. The number of aliphatic hydroxyl groups is 1. The highest BCUT2D eigenvalue weighted by Gasteiger charge is 2.39. The summed E-state index contributed by atoms with van der Waals surface area (Å²) in [6, 6.07) is 0.277. The lowest BCUT2D eigenvalue weighted by molar-refractivity contribution is -0.384. The zero-order valence-corrected chi connectivity index (χ0v) is 15.1. The van der Waals surface area contributed by atoms with E-state index < -0.39 is 63.8 Å². The number of ether oxygens (including phenoxy) is 1. The highest BCUT2D eigenvalue weighted by Crippen LogP contribution is 2.39. The van der Waals surface area contributed by atoms with E-state index in [-0.39, 0.29) is 30.8 Å². The number of carbonyl (C=O) groups excluding carboxylic acids is 2. The van der Waals surface area contributed by atoms with Crippen LogP contribution in [0.3, 0.4) is 0 Å². The molecule has 2 rings (SSSR count). The third kappa shape index (κ3) is 4.32. The van der Waals surface area contributed by atoms with Crippen LogP contribution in [0.25, 0.3) is 0 Å². The van der Waals surface area contributed by atoms with Gasteiger partial charge in [-0.1, -0.05) is 0 Å². The first kappa shape index (κ1) is 22.6. The quantitative estimate of drug-likeness (QED) is 0.324. The fraction of sp³-hybridized carbons (Fsp3) is 0.312. The summed E-state index contributed by atoms with van der Waals surface area (Å²) in [4.78, 5) is 47.0. The van der Waals surface area contributed by atoms with Crippen LogP contribution in [0, 0.1) is 10.1 Å². The number of nitrogens with zero attached hydrogens (tertiary/aromatic N) is 2. The second-order valence-electron chi connectivity index (χ2n) is 5.90. The lowest BCUT2D eigenvalue weighted by atomic mass is 10.0. The third-order valence-corrected chi connectivity index (χ3v) is 4.08. The van der Waals surface area contributed by atoms with Crippen LogP contribution < -0.4 is 5.32 Å². The molecule has 0 spiro atoms. The molecule has 1 aromatic carbocycles. The molecule has 0 atom stereocenters. The van der Waals surface area contributed by atoms with Crippen LogP contribution in [-0.2, 0) is 20.5 Å². The summed E-state index contributed by atoms with van der Waals surface area (Å²) in [6.45, 7) is -1.09. The Morgan fingerprint density at radius 3 is 2.47 bits per heavy atom. The normalized spacial score (nSPS) is 14.2. The molecule has 0 unspecified atom stereocenters. The number of rotatable bonds is 7. The van der Waals surface area contributed by atoms with E-state index >= 15 is 0 Å². The number of carboxylic acid groups (broad SMARTS) is 1. The van der Waals surface area contributed by atoms with E-state index in [1.54, 1.807) is 0 Å². The van der Waals surface area contributed by atoms with Gasteiger partial charge in [-0.3, -0.25) is 14.9 Å². The Balaban J connectivity index is 2.70. The Morgan fingerprint density at radius 2 is 2.00 bits per heavy atom. The number of carboxylic acids is 1. The number of methoxy groups -OCH3 is 1. The van der Waals surface area contributed by atoms with Gasteiger partial charge < -0.3 is 25.2 Å². The number of nitrogens with one attached hydrogen (secondary N) is 1. The Bertz CT molecular complexity index is 923. The number of esters is 1. The van der Waals surface area contributed by atoms with Gasteiger partial charge in [0.05, 0.1) is 41.9 Å². The maximum Gasteiger partial charge on any atom is 0.416 e. The minimum absolute atomic E-state index is 0.109. The van der Waals surface area contributed by atoms with E-state index in [4.69, 9.17) is 5.11 Å². The van der Waals surface area contributed by atoms with Gasteiger partial charge >= 0.3 is 18.1 Å². The van der Waals surface area contributed by atoms with Crippen molar-refractivity contribution in [2.75, 3.05) is 32.1 Å². The minimum atomic E-state index is -5.08. The summed E-state index contributed by atoms with van der Waals surface area (Å²) in [5, 5.41) is 31.8. The maximum atomic E-state index is 13.0. The highest BCUT2D eigenvalue weighted by atomic mass is 19.4. The van der Waals surface area contributed by atoms with Crippen LogP contribution in [0.5, 0.6) is 0 Å². The van der Waals surface area contributed by atoms with Crippen LogP contribution in [0.15, 0.2) is 23.4 Å². The first-order chi connectivity index (χ1) is 13.9. The molecule has 0 aromatic heterocycles. The van der Waals surface area contributed by atoms with Gasteiger partial charge in [0.1, 0.15) is 11.4 Å². The Morgan fingerprint density at radius 1 is 1.37 bits per heavy atom. The van der Waals surface area contributed by atoms with Crippen molar-refractivity contribution in [2.45, 2.75) is 6.18 Å². The number of hydrogen-bond donors (Lipinski definition) is 3. The van der Waals surface area contributed by atoms with E-state index in [1.165, 1.54) is 0 Å². The summed E-state index contributed by atoms with van der Waals surface area (Å²) in [5.74, 6) is -3.91. The van der Waals surface area contributed by atoms with Crippen molar-refractivity contribution < 1.29 is 47.4 Å². The SMILES string of the molecule is COC(=O)C1=C(Nc2c(C(=O)O)cc(C(F)(F)F)cc2[N+](=O)[O-])C(=O)N(CCO)C1. The molecule has 30 heavy (non-hydrogen) atoms. The Labute approximate surface area is 165 Å². The first-order valence-electron chi connectivity index (χ1n) is 8.03. The lowest BCUT2D eigenvalue weighted by Crippen LogP contribution is -2.31. The number of benzene rings is 1. The van der Waals surface area contributed by atoms with Gasteiger partial charge in [0, 0.05) is 12.6 Å². The van der Waals surface area contributed by atoms with Gasteiger partial charge in [-0.05, 0) is 6.07 Å². The molecule has 14 heteroatoms. The van der Waals surface area contributed by atoms with Crippen molar-refractivity contribution >= 4 is 29.2 Å². The number of anilines is 1. The standard InChI is InChI=1S/C16H14F3N3O8/c1-30-15(27)9-6-21(2-3-23)13(24)12(9)20-11-8(14(25)26)4-7(16(17,18)19)5-10(11)22(28)29/h4-5,20,23H,2-3,6H2,1H3,(H,25,26). The van der Waals surface area contributed by atoms with Crippen molar-refractivity contribution in [3.63, 3.8) is 0 Å². The van der Waals surface area contributed by atoms with Crippen molar-refractivity contribution in [3.8, 4) is 0 Å². The number of amides is 1. The van der Waals surface area contributed by atoms with E-state index in [9.17, 15) is 42.8 Å². The van der Waals surface area contributed by atoms with Crippen molar-refractivity contribution in [1.29, 1.82) is 0 Å². The summed E-state index contributed by atoms with van der Waals surface area (Å²) >= 11 is 0. The van der Waals surface area contributed by atoms with Crippen molar-refractivity contribution in [2.24, 2.45) is 0 Å². The molecule has 0 saturated heterocycles. The fourth-order valence-corrected chi connectivity index (χ4v) is 2.71. The molecule has 0 radical (unpaired) electrons.